The maximum absolute atomic E-state index is 13.3. The number of hydrogen-bond acceptors (Lipinski definition) is 4. The summed E-state index contributed by atoms with van der Waals surface area (Å²) in [7, 11) is 1.73. The minimum atomic E-state index is -0.371. The van der Waals surface area contributed by atoms with Crippen LogP contribution in [0.3, 0.4) is 0 Å². The number of halogens is 1. The van der Waals surface area contributed by atoms with Gasteiger partial charge in [-0.2, -0.15) is 0 Å². The number of carbonyl (C=O) groups is 1. The lowest BCUT2D eigenvalue weighted by Crippen LogP contribution is -2.48. The lowest BCUT2D eigenvalue weighted by atomic mass is 9.88. The Bertz CT molecular complexity index is 737. The van der Waals surface area contributed by atoms with Crippen LogP contribution in [0, 0.1) is 5.82 Å². The summed E-state index contributed by atoms with van der Waals surface area (Å²) in [6, 6.07) is 6.17. The molecule has 0 radical (unpaired) electrons. The van der Waals surface area contributed by atoms with Crippen LogP contribution in [-0.2, 0) is 14.3 Å². The number of rotatable bonds is 10. The third-order valence-corrected chi connectivity index (χ3v) is 6.25. The molecule has 1 N–H and O–H groups in total. The molecule has 2 unspecified atom stereocenters. The zero-order valence-electron chi connectivity index (χ0n) is 18.5. The lowest BCUT2D eigenvalue weighted by Gasteiger charge is -2.36. The molecular formula is C25H35FN2O3. The van der Waals surface area contributed by atoms with Gasteiger partial charge in [0.15, 0.2) is 0 Å². The van der Waals surface area contributed by atoms with Crippen LogP contribution in [0.25, 0.3) is 0 Å². The fourth-order valence-electron chi connectivity index (χ4n) is 4.46. The molecule has 170 valence electrons. The average Bonchev–Trinajstić information content (AvgIpc) is 2.79. The van der Waals surface area contributed by atoms with Crippen LogP contribution >= 0.6 is 0 Å². The molecule has 0 spiro atoms. The molecular weight excluding hydrogens is 395 g/mol. The van der Waals surface area contributed by atoms with Gasteiger partial charge in [0.05, 0.1) is 24.7 Å². The molecule has 1 saturated carbocycles. The number of benzene rings is 1. The maximum atomic E-state index is 13.3. The molecule has 1 aromatic carbocycles. The third kappa shape index (κ3) is 6.99. The molecule has 31 heavy (non-hydrogen) atoms. The second-order valence-corrected chi connectivity index (χ2v) is 8.39. The van der Waals surface area contributed by atoms with E-state index in [0.717, 1.165) is 50.9 Å². The Labute approximate surface area is 185 Å². The summed E-state index contributed by atoms with van der Waals surface area (Å²) in [5.74, 6) is -0.726. The predicted octanol–water partition coefficient (Wildman–Crippen LogP) is 3.82. The van der Waals surface area contributed by atoms with Crippen LogP contribution in [0.1, 0.15) is 43.6 Å². The van der Waals surface area contributed by atoms with Crippen LogP contribution in [0.4, 0.5) is 4.39 Å². The van der Waals surface area contributed by atoms with E-state index in [2.05, 4.69) is 28.9 Å². The van der Waals surface area contributed by atoms with Crippen LogP contribution < -0.4 is 5.32 Å². The van der Waals surface area contributed by atoms with Crippen molar-refractivity contribution in [2.75, 3.05) is 33.4 Å². The first-order chi connectivity index (χ1) is 15.1. The number of nitrogens with one attached hydrogen (secondary N) is 1. The van der Waals surface area contributed by atoms with E-state index in [9.17, 15) is 9.18 Å². The molecule has 1 aliphatic heterocycles. The molecule has 1 heterocycles. The van der Waals surface area contributed by atoms with Crippen molar-refractivity contribution in [1.82, 2.24) is 10.2 Å². The zero-order chi connectivity index (χ0) is 22.1. The fraction of sp³-hybridized carbons (Fsp3) is 0.560. The number of carbonyl (C=O) groups excluding carboxylic acids is 1. The Morgan fingerprint density at radius 2 is 2.10 bits per heavy atom. The van der Waals surface area contributed by atoms with E-state index in [1.807, 2.05) is 0 Å². The van der Waals surface area contributed by atoms with Crippen LogP contribution in [0.5, 0.6) is 0 Å². The Kier molecular flexibility index (Phi) is 9.25. The van der Waals surface area contributed by atoms with Gasteiger partial charge in [-0.1, -0.05) is 30.4 Å². The molecule has 0 aromatic heterocycles. The largest absolute Gasteiger partial charge is 0.379 e. The van der Waals surface area contributed by atoms with Crippen molar-refractivity contribution < 1.29 is 18.7 Å². The number of ether oxygens (including phenoxy) is 2. The first-order valence-electron chi connectivity index (χ1n) is 11.3. The fourth-order valence-corrected chi connectivity index (χ4v) is 4.46. The summed E-state index contributed by atoms with van der Waals surface area (Å²) < 4.78 is 25.2. The van der Waals surface area contributed by atoms with E-state index in [4.69, 9.17) is 9.47 Å². The van der Waals surface area contributed by atoms with Gasteiger partial charge in [0.25, 0.3) is 0 Å². The molecule has 2 aliphatic rings. The Balaban J connectivity index is 1.54. The van der Waals surface area contributed by atoms with Crippen molar-refractivity contribution in [3.05, 3.63) is 60.5 Å². The topological polar surface area (TPSA) is 50.8 Å². The number of allylic oxidation sites excluding steroid dienone is 1. The van der Waals surface area contributed by atoms with Gasteiger partial charge in [0.2, 0.25) is 5.91 Å². The number of amides is 1. The zero-order valence-corrected chi connectivity index (χ0v) is 18.5. The van der Waals surface area contributed by atoms with E-state index in [-0.39, 0.29) is 35.9 Å². The summed E-state index contributed by atoms with van der Waals surface area (Å²) in [5, 5.41) is 3.20. The van der Waals surface area contributed by atoms with Gasteiger partial charge < -0.3 is 14.8 Å². The van der Waals surface area contributed by atoms with Gasteiger partial charge in [-0.3, -0.25) is 9.69 Å². The van der Waals surface area contributed by atoms with E-state index < -0.39 is 0 Å². The minimum Gasteiger partial charge on any atom is -0.379 e. The molecule has 0 saturated heterocycles. The van der Waals surface area contributed by atoms with E-state index in [1.54, 1.807) is 25.3 Å². The van der Waals surface area contributed by atoms with Gasteiger partial charge in [0, 0.05) is 32.8 Å². The third-order valence-electron chi connectivity index (χ3n) is 6.25. The summed E-state index contributed by atoms with van der Waals surface area (Å²) in [5.41, 5.74) is 0.799. The second-order valence-electron chi connectivity index (χ2n) is 8.39. The van der Waals surface area contributed by atoms with Crippen molar-refractivity contribution in [2.45, 2.75) is 56.3 Å². The minimum absolute atomic E-state index is 0.0342. The van der Waals surface area contributed by atoms with Crippen molar-refractivity contribution in [1.29, 1.82) is 0 Å². The smallest absolute Gasteiger partial charge is 0.228 e. The second kappa shape index (κ2) is 12.1. The maximum Gasteiger partial charge on any atom is 0.228 e. The Morgan fingerprint density at radius 1 is 1.29 bits per heavy atom. The predicted molar refractivity (Wildman–Crippen MR) is 120 cm³/mol. The van der Waals surface area contributed by atoms with Crippen molar-refractivity contribution in [3.8, 4) is 0 Å². The summed E-state index contributed by atoms with van der Waals surface area (Å²) in [4.78, 5) is 15.4. The van der Waals surface area contributed by atoms with E-state index >= 15 is 0 Å². The normalized spacial score (nSPS) is 25.2. The van der Waals surface area contributed by atoms with Gasteiger partial charge in [-0.25, -0.2) is 4.39 Å². The monoisotopic (exact) mass is 430 g/mol. The highest BCUT2D eigenvalue weighted by molar-refractivity contribution is 5.84. The van der Waals surface area contributed by atoms with Crippen molar-refractivity contribution in [3.63, 3.8) is 0 Å². The first-order valence-corrected chi connectivity index (χ1v) is 11.3. The quantitative estimate of drug-likeness (QED) is 0.574. The first kappa shape index (κ1) is 23.6. The van der Waals surface area contributed by atoms with Gasteiger partial charge in [-0.15, -0.1) is 6.58 Å². The Hall–Kier alpha value is -2.02. The molecule has 5 nitrogen and oxygen atoms in total. The SMILES string of the molecule is C=CCC(C(=O)NC1CC[C@H](OC)[C@H](OCCN2CC=CCC2)C1)c1ccc(F)cc1. The summed E-state index contributed by atoms with van der Waals surface area (Å²) in [6.07, 6.45) is 10.2. The van der Waals surface area contributed by atoms with Gasteiger partial charge in [0.1, 0.15) is 5.82 Å². The van der Waals surface area contributed by atoms with Crippen LogP contribution in [-0.4, -0.2) is 62.4 Å². The molecule has 3 rings (SSSR count). The van der Waals surface area contributed by atoms with Gasteiger partial charge in [-0.05, 0) is 49.8 Å². The highest BCUT2D eigenvalue weighted by Crippen LogP contribution is 2.26. The molecule has 1 aromatic rings. The molecule has 6 heteroatoms. The standard InChI is InChI=1S/C25H35FN2O3/c1-3-7-22(19-8-10-20(26)11-9-19)25(29)27-21-12-13-23(30-2)24(18-21)31-17-16-28-14-5-4-6-15-28/h3-5,8-11,21-24H,1,6-7,12-18H2,2H3,(H,27,29)/t21?,22?,23-,24+/m0/s1. The molecule has 0 bridgehead atoms. The van der Waals surface area contributed by atoms with Crippen molar-refractivity contribution in [2.24, 2.45) is 0 Å². The molecule has 4 atom stereocenters. The average molecular weight is 431 g/mol. The molecule has 1 fully saturated rings. The highest BCUT2D eigenvalue weighted by atomic mass is 19.1. The van der Waals surface area contributed by atoms with Crippen LogP contribution in [0.15, 0.2) is 49.1 Å². The van der Waals surface area contributed by atoms with E-state index in [0.29, 0.717) is 13.0 Å². The number of nitrogens with zero attached hydrogens (tertiary/aromatic N) is 1. The number of hydrogen-bond donors (Lipinski definition) is 1. The molecule has 1 aliphatic carbocycles. The van der Waals surface area contributed by atoms with Crippen LogP contribution in [0.2, 0.25) is 0 Å². The van der Waals surface area contributed by atoms with E-state index in [1.165, 1.54) is 12.1 Å². The summed E-state index contributed by atoms with van der Waals surface area (Å²) >= 11 is 0. The number of methoxy groups -OCH3 is 1. The highest BCUT2D eigenvalue weighted by Gasteiger charge is 2.33. The molecule has 1 amide bonds. The van der Waals surface area contributed by atoms with Crippen molar-refractivity contribution >= 4 is 5.91 Å². The lowest BCUT2D eigenvalue weighted by molar-refractivity contribution is -0.125. The summed E-state index contributed by atoms with van der Waals surface area (Å²) in [6.45, 7) is 7.40. The Morgan fingerprint density at radius 3 is 2.77 bits per heavy atom. The van der Waals surface area contributed by atoms with Gasteiger partial charge >= 0.3 is 0 Å².